The van der Waals surface area contributed by atoms with Crippen LogP contribution >= 0.6 is 0 Å². The SMILES string of the molecule is CN1[C@@H]2CC#C[C@@]1(C)CC2. The molecule has 2 heterocycles. The molecule has 0 aromatic rings. The van der Waals surface area contributed by atoms with E-state index in [9.17, 15) is 0 Å². The van der Waals surface area contributed by atoms with E-state index >= 15 is 0 Å². The van der Waals surface area contributed by atoms with Gasteiger partial charge in [-0.05, 0) is 26.8 Å². The summed E-state index contributed by atoms with van der Waals surface area (Å²) in [6, 6.07) is 0.756. The van der Waals surface area contributed by atoms with Gasteiger partial charge >= 0.3 is 0 Å². The molecule has 1 heteroatoms. The summed E-state index contributed by atoms with van der Waals surface area (Å²) < 4.78 is 0. The van der Waals surface area contributed by atoms with Crippen LogP contribution in [-0.2, 0) is 0 Å². The van der Waals surface area contributed by atoms with Gasteiger partial charge in [-0.25, -0.2) is 0 Å². The summed E-state index contributed by atoms with van der Waals surface area (Å²) in [6.45, 7) is 2.25. The molecule has 2 aliphatic rings. The molecule has 1 saturated heterocycles. The van der Waals surface area contributed by atoms with Crippen molar-refractivity contribution < 1.29 is 0 Å². The highest BCUT2D eigenvalue weighted by molar-refractivity contribution is 5.25. The number of hydrogen-bond acceptors (Lipinski definition) is 1. The van der Waals surface area contributed by atoms with Gasteiger partial charge in [0, 0.05) is 12.5 Å². The Bertz CT molecular complexity index is 211. The zero-order chi connectivity index (χ0) is 7.19. The van der Waals surface area contributed by atoms with Crippen LogP contribution in [0, 0.1) is 11.8 Å². The molecule has 0 N–H and O–H groups in total. The highest BCUT2D eigenvalue weighted by Gasteiger charge is 2.40. The molecule has 0 unspecified atom stereocenters. The van der Waals surface area contributed by atoms with Gasteiger partial charge in [-0.2, -0.15) is 0 Å². The molecule has 2 rings (SSSR count). The maximum atomic E-state index is 3.31. The minimum absolute atomic E-state index is 0.225. The topological polar surface area (TPSA) is 3.24 Å². The van der Waals surface area contributed by atoms with Crippen LogP contribution in [0.2, 0.25) is 0 Å². The van der Waals surface area contributed by atoms with E-state index in [0.717, 1.165) is 12.5 Å². The lowest BCUT2D eigenvalue weighted by Gasteiger charge is -2.32. The third-order valence-electron chi connectivity index (χ3n) is 2.99. The smallest absolute Gasteiger partial charge is 0.0798 e. The van der Waals surface area contributed by atoms with Crippen molar-refractivity contribution in [1.82, 2.24) is 4.90 Å². The van der Waals surface area contributed by atoms with Gasteiger partial charge in [0.25, 0.3) is 0 Å². The Balaban J connectivity index is 2.37. The van der Waals surface area contributed by atoms with Crippen molar-refractivity contribution in [2.24, 2.45) is 0 Å². The first-order chi connectivity index (χ1) is 4.72. The number of hydrogen-bond donors (Lipinski definition) is 0. The van der Waals surface area contributed by atoms with Crippen LogP contribution in [-0.4, -0.2) is 23.5 Å². The number of rotatable bonds is 0. The summed E-state index contributed by atoms with van der Waals surface area (Å²) >= 11 is 0. The van der Waals surface area contributed by atoms with Gasteiger partial charge < -0.3 is 0 Å². The van der Waals surface area contributed by atoms with Crippen molar-refractivity contribution >= 4 is 0 Å². The van der Waals surface area contributed by atoms with E-state index in [-0.39, 0.29) is 5.54 Å². The fourth-order valence-electron chi connectivity index (χ4n) is 1.97. The Morgan fingerprint density at radius 1 is 1.60 bits per heavy atom. The Kier molecular flexibility index (Phi) is 1.10. The first-order valence-electron chi connectivity index (χ1n) is 3.95. The molecule has 0 aliphatic carbocycles. The van der Waals surface area contributed by atoms with Crippen molar-refractivity contribution in [3.8, 4) is 11.8 Å². The van der Waals surface area contributed by atoms with E-state index in [2.05, 4.69) is 30.7 Å². The largest absolute Gasteiger partial charge is 0.287 e. The zero-order valence-electron chi connectivity index (χ0n) is 6.65. The molecule has 2 aliphatic heterocycles. The molecule has 2 atom stereocenters. The standard InChI is InChI=1S/C9H13N/c1-9-6-3-4-8(5-7-9)10(9)2/h8H,4-5,7H2,1-2H3/t8-,9+/m1/s1. The third kappa shape index (κ3) is 0.630. The second-order valence-corrected chi connectivity index (χ2v) is 3.58. The fraction of sp³-hybridized carbons (Fsp3) is 0.778. The van der Waals surface area contributed by atoms with Gasteiger partial charge in [-0.3, -0.25) is 4.90 Å². The highest BCUT2D eigenvalue weighted by Crippen LogP contribution is 2.35. The lowest BCUT2D eigenvalue weighted by molar-refractivity contribution is 0.198. The van der Waals surface area contributed by atoms with Gasteiger partial charge in [0.05, 0.1) is 5.54 Å². The van der Waals surface area contributed by atoms with E-state index in [1.54, 1.807) is 0 Å². The summed E-state index contributed by atoms with van der Waals surface area (Å²) in [5, 5.41) is 0. The summed E-state index contributed by atoms with van der Waals surface area (Å²) in [5.74, 6) is 6.54. The van der Waals surface area contributed by atoms with Crippen molar-refractivity contribution in [2.45, 2.75) is 37.8 Å². The Morgan fingerprint density at radius 2 is 2.40 bits per heavy atom. The molecule has 0 aromatic carbocycles. The Morgan fingerprint density at radius 3 is 3.00 bits per heavy atom. The lowest BCUT2D eigenvalue weighted by Crippen LogP contribution is -2.42. The summed E-state index contributed by atoms with van der Waals surface area (Å²) in [4.78, 5) is 2.43. The molecular weight excluding hydrogens is 122 g/mol. The van der Waals surface area contributed by atoms with Crippen molar-refractivity contribution in [3.05, 3.63) is 0 Å². The minimum atomic E-state index is 0.225. The van der Waals surface area contributed by atoms with Gasteiger partial charge in [0.2, 0.25) is 0 Å². The number of fused-ring (bicyclic) bond motifs is 2. The molecule has 2 bridgehead atoms. The Hall–Kier alpha value is -0.480. The fourth-order valence-corrected chi connectivity index (χ4v) is 1.97. The molecule has 10 heavy (non-hydrogen) atoms. The predicted molar refractivity (Wildman–Crippen MR) is 41.6 cm³/mol. The molecule has 0 spiro atoms. The van der Waals surface area contributed by atoms with Crippen molar-refractivity contribution in [1.29, 1.82) is 0 Å². The second kappa shape index (κ2) is 1.77. The van der Waals surface area contributed by atoms with Crippen LogP contribution in [0.4, 0.5) is 0 Å². The average Bonchev–Trinajstić information content (AvgIpc) is 2.18. The number of nitrogens with zero attached hydrogens (tertiary/aromatic N) is 1. The summed E-state index contributed by atoms with van der Waals surface area (Å²) in [7, 11) is 2.20. The van der Waals surface area contributed by atoms with E-state index in [1.807, 2.05) is 0 Å². The second-order valence-electron chi connectivity index (χ2n) is 3.58. The average molecular weight is 135 g/mol. The normalized spacial score (nSPS) is 44.8. The zero-order valence-corrected chi connectivity index (χ0v) is 6.65. The molecule has 1 nitrogen and oxygen atoms in total. The van der Waals surface area contributed by atoms with Gasteiger partial charge in [0.1, 0.15) is 0 Å². The Labute approximate surface area is 62.4 Å². The van der Waals surface area contributed by atoms with Crippen LogP contribution in [0.3, 0.4) is 0 Å². The first kappa shape index (κ1) is 6.24. The quantitative estimate of drug-likeness (QED) is 0.452. The molecule has 0 amide bonds. The van der Waals surface area contributed by atoms with E-state index in [4.69, 9.17) is 0 Å². The summed E-state index contributed by atoms with van der Waals surface area (Å²) in [5.41, 5.74) is 0.225. The van der Waals surface area contributed by atoms with Crippen LogP contribution in [0.1, 0.15) is 26.2 Å². The van der Waals surface area contributed by atoms with Crippen molar-refractivity contribution in [2.75, 3.05) is 7.05 Å². The maximum absolute atomic E-state index is 3.31. The monoisotopic (exact) mass is 135 g/mol. The van der Waals surface area contributed by atoms with Gasteiger partial charge in [0.15, 0.2) is 0 Å². The molecule has 0 saturated carbocycles. The molecule has 1 fully saturated rings. The van der Waals surface area contributed by atoms with Gasteiger partial charge in [-0.15, -0.1) is 0 Å². The molecular formula is C9H13N. The molecule has 54 valence electrons. The first-order valence-corrected chi connectivity index (χ1v) is 3.95. The van der Waals surface area contributed by atoms with Crippen LogP contribution < -0.4 is 0 Å². The third-order valence-corrected chi connectivity index (χ3v) is 2.99. The summed E-state index contributed by atoms with van der Waals surface area (Å²) in [6.07, 6.45) is 3.68. The van der Waals surface area contributed by atoms with Crippen LogP contribution in [0.5, 0.6) is 0 Å². The maximum Gasteiger partial charge on any atom is 0.0798 e. The molecule has 0 radical (unpaired) electrons. The highest BCUT2D eigenvalue weighted by atomic mass is 15.2. The van der Waals surface area contributed by atoms with E-state index in [1.165, 1.54) is 12.8 Å². The molecule has 0 aromatic heterocycles. The van der Waals surface area contributed by atoms with E-state index < -0.39 is 0 Å². The van der Waals surface area contributed by atoms with Crippen molar-refractivity contribution in [3.63, 3.8) is 0 Å². The van der Waals surface area contributed by atoms with Crippen LogP contribution in [0.25, 0.3) is 0 Å². The van der Waals surface area contributed by atoms with Gasteiger partial charge in [-0.1, -0.05) is 11.8 Å². The van der Waals surface area contributed by atoms with E-state index in [0.29, 0.717) is 0 Å². The van der Waals surface area contributed by atoms with Crippen LogP contribution in [0.15, 0.2) is 0 Å². The predicted octanol–water partition coefficient (Wildman–Crippen LogP) is 1.25. The minimum Gasteiger partial charge on any atom is -0.287 e. The lowest BCUT2D eigenvalue weighted by atomic mass is 10.0.